The molecule has 0 N–H and O–H groups in total. The molecule has 2 heteroatoms. The SMILES string of the molecule is CCC(CC)N(CCC(C)CCCl)CC(C)C. The fourth-order valence-electron chi connectivity index (χ4n) is 2.41. The summed E-state index contributed by atoms with van der Waals surface area (Å²) in [6, 6.07) is 0.764. The fourth-order valence-corrected chi connectivity index (χ4v) is 2.79. The molecule has 104 valence electrons. The van der Waals surface area contributed by atoms with Crippen molar-refractivity contribution in [3.8, 4) is 0 Å². The van der Waals surface area contributed by atoms with Crippen molar-refractivity contribution in [3.63, 3.8) is 0 Å². The van der Waals surface area contributed by atoms with Crippen molar-refractivity contribution in [2.75, 3.05) is 19.0 Å². The van der Waals surface area contributed by atoms with E-state index in [0.717, 1.165) is 30.2 Å². The van der Waals surface area contributed by atoms with E-state index in [1.165, 1.54) is 32.4 Å². The molecular formula is C15H32ClN. The zero-order valence-electron chi connectivity index (χ0n) is 12.5. The molecule has 1 nitrogen and oxygen atoms in total. The van der Waals surface area contributed by atoms with Crippen LogP contribution in [0.1, 0.15) is 60.3 Å². The first-order valence-corrected chi connectivity index (χ1v) is 7.88. The highest BCUT2D eigenvalue weighted by Crippen LogP contribution is 2.15. The van der Waals surface area contributed by atoms with Gasteiger partial charge in [0.25, 0.3) is 0 Å². The molecule has 0 saturated heterocycles. The van der Waals surface area contributed by atoms with Crippen molar-refractivity contribution < 1.29 is 0 Å². The number of hydrogen-bond donors (Lipinski definition) is 0. The summed E-state index contributed by atoms with van der Waals surface area (Å²) >= 11 is 5.80. The van der Waals surface area contributed by atoms with Crippen molar-refractivity contribution in [1.29, 1.82) is 0 Å². The average Bonchev–Trinajstić information content (AvgIpc) is 2.27. The Kier molecular flexibility index (Phi) is 10.3. The molecule has 0 bridgehead atoms. The Hall–Kier alpha value is 0.250. The standard InChI is InChI=1S/C15H32ClN/c1-6-15(7-2)17(12-13(3)4)11-9-14(5)8-10-16/h13-15H,6-12H2,1-5H3. The summed E-state index contributed by atoms with van der Waals surface area (Å²) in [5, 5.41) is 0. The molecule has 0 aromatic carbocycles. The van der Waals surface area contributed by atoms with Crippen LogP contribution in [0, 0.1) is 11.8 Å². The highest BCUT2D eigenvalue weighted by atomic mass is 35.5. The lowest BCUT2D eigenvalue weighted by Gasteiger charge is -2.32. The summed E-state index contributed by atoms with van der Waals surface area (Å²) in [6.45, 7) is 14.0. The topological polar surface area (TPSA) is 3.24 Å². The Bertz CT molecular complexity index is 166. The fraction of sp³-hybridized carbons (Fsp3) is 1.00. The van der Waals surface area contributed by atoms with E-state index in [4.69, 9.17) is 11.6 Å². The lowest BCUT2D eigenvalue weighted by atomic mass is 10.0. The van der Waals surface area contributed by atoms with Crippen LogP contribution in [0.5, 0.6) is 0 Å². The molecule has 0 spiro atoms. The predicted octanol–water partition coefficient (Wildman–Crippen LogP) is 4.79. The van der Waals surface area contributed by atoms with Gasteiger partial charge in [0, 0.05) is 18.5 Å². The first-order chi connectivity index (χ1) is 8.04. The number of rotatable bonds is 10. The molecule has 17 heavy (non-hydrogen) atoms. The first-order valence-electron chi connectivity index (χ1n) is 7.35. The van der Waals surface area contributed by atoms with Gasteiger partial charge in [-0.3, -0.25) is 0 Å². The van der Waals surface area contributed by atoms with Gasteiger partial charge in [0.2, 0.25) is 0 Å². The zero-order chi connectivity index (χ0) is 13.3. The minimum absolute atomic E-state index is 0.761. The van der Waals surface area contributed by atoms with Crippen LogP contribution >= 0.6 is 11.6 Å². The summed E-state index contributed by atoms with van der Waals surface area (Å²) in [7, 11) is 0. The van der Waals surface area contributed by atoms with Crippen LogP contribution in [0.4, 0.5) is 0 Å². The molecular weight excluding hydrogens is 230 g/mol. The van der Waals surface area contributed by atoms with Gasteiger partial charge in [0.15, 0.2) is 0 Å². The van der Waals surface area contributed by atoms with E-state index in [1.807, 2.05) is 0 Å². The number of alkyl halides is 1. The Morgan fingerprint density at radius 1 is 1.00 bits per heavy atom. The van der Waals surface area contributed by atoms with Crippen LogP contribution in [0.3, 0.4) is 0 Å². The average molecular weight is 262 g/mol. The quantitative estimate of drug-likeness (QED) is 0.511. The smallest absolute Gasteiger partial charge is 0.0225 e. The lowest BCUT2D eigenvalue weighted by Crippen LogP contribution is -2.38. The van der Waals surface area contributed by atoms with E-state index in [9.17, 15) is 0 Å². The van der Waals surface area contributed by atoms with Crippen molar-refractivity contribution in [1.82, 2.24) is 4.90 Å². The van der Waals surface area contributed by atoms with E-state index in [-0.39, 0.29) is 0 Å². The number of hydrogen-bond acceptors (Lipinski definition) is 1. The minimum atomic E-state index is 0.761. The lowest BCUT2D eigenvalue weighted by molar-refractivity contribution is 0.156. The molecule has 0 aromatic rings. The summed E-state index contributed by atoms with van der Waals surface area (Å²) in [4.78, 5) is 2.69. The van der Waals surface area contributed by atoms with E-state index < -0.39 is 0 Å². The molecule has 0 saturated carbocycles. The van der Waals surface area contributed by atoms with Crippen LogP contribution in [-0.4, -0.2) is 29.9 Å². The molecule has 0 aliphatic heterocycles. The summed E-state index contributed by atoms with van der Waals surface area (Å²) in [5.41, 5.74) is 0. The van der Waals surface area contributed by atoms with Crippen molar-refractivity contribution in [2.45, 2.75) is 66.3 Å². The molecule has 0 radical (unpaired) electrons. The Balaban J connectivity index is 4.17. The van der Waals surface area contributed by atoms with Gasteiger partial charge in [-0.05, 0) is 44.1 Å². The van der Waals surface area contributed by atoms with Gasteiger partial charge in [-0.2, -0.15) is 0 Å². The third-order valence-electron chi connectivity index (χ3n) is 3.57. The third kappa shape index (κ3) is 8.05. The molecule has 1 atom stereocenters. The highest BCUT2D eigenvalue weighted by Gasteiger charge is 2.16. The van der Waals surface area contributed by atoms with Crippen molar-refractivity contribution in [2.24, 2.45) is 11.8 Å². The first kappa shape index (κ1) is 17.2. The van der Waals surface area contributed by atoms with Gasteiger partial charge < -0.3 is 4.90 Å². The van der Waals surface area contributed by atoms with Crippen LogP contribution in [0.2, 0.25) is 0 Å². The molecule has 0 aliphatic carbocycles. The zero-order valence-corrected chi connectivity index (χ0v) is 13.3. The second kappa shape index (κ2) is 10.2. The maximum Gasteiger partial charge on any atom is 0.0225 e. The Morgan fingerprint density at radius 3 is 2.00 bits per heavy atom. The van der Waals surface area contributed by atoms with Crippen LogP contribution in [0.15, 0.2) is 0 Å². The molecule has 0 rings (SSSR count). The van der Waals surface area contributed by atoms with Gasteiger partial charge in [-0.25, -0.2) is 0 Å². The monoisotopic (exact) mass is 261 g/mol. The van der Waals surface area contributed by atoms with Gasteiger partial charge in [0.05, 0.1) is 0 Å². The highest BCUT2D eigenvalue weighted by molar-refractivity contribution is 6.17. The van der Waals surface area contributed by atoms with Crippen LogP contribution < -0.4 is 0 Å². The second-order valence-corrected chi connectivity index (χ2v) is 6.11. The molecule has 0 amide bonds. The molecule has 0 aliphatic rings. The van der Waals surface area contributed by atoms with Crippen molar-refractivity contribution in [3.05, 3.63) is 0 Å². The van der Waals surface area contributed by atoms with Crippen molar-refractivity contribution >= 4 is 11.6 Å². The maximum atomic E-state index is 5.80. The maximum absolute atomic E-state index is 5.80. The largest absolute Gasteiger partial charge is 0.300 e. The van der Waals surface area contributed by atoms with Gasteiger partial charge in [-0.15, -0.1) is 11.6 Å². The van der Waals surface area contributed by atoms with Gasteiger partial charge in [0.1, 0.15) is 0 Å². The Labute approximate surface area is 114 Å². The van der Waals surface area contributed by atoms with Crippen LogP contribution in [0.25, 0.3) is 0 Å². The second-order valence-electron chi connectivity index (χ2n) is 5.73. The van der Waals surface area contributed by atoms with E-state index in [1.54, 1.807) is 0 Å². The summed E-state index contributed by atoms with van der Waals surface area (Å²) in [5.74, 6) is 2.33. The molecule has 0 aromatic heterocycles. The van der Waals surface area contributed by atoms with Gasteiger partial charge in [-0.1, -0.05) is 34.6 Å². The number of halogens is 1. The van der Waals surface area contributed by atoms with Crippen LogP contribution in [-0.2, 0) is 0 Å². The van der Waals surface area contributed by atoms with E-state index in [2.05, 4.69) is 39.5 Å². The molecule has 0 fully saturated rings. The Morgan fingerprint density at radius 2 is 1.59 bits per heavy atom. The van der Waals surface area contributed by atoms with Gasteiger partial charge >= 0.3 is 0 Å². The van der Waals surface area contributed by atoms with E-state index >= 15 is 0 Å². The summed E-state index contributed by atoms with van der Waals surface area (Å²) < 4.78 is 0. The number of nitrogens with zero attached hydrogens (tertiary/aromatic N) is 1. The predicted molar refractivity (Wildman–Crippen MR) is 79.9 cm³/mol. The van der Waals surface area contributed by atoms with E-state index in [0.29, 0.717) is 0 Å². The minimum Gasteiger partial charge on any atom is -0.300 e. The third-order valence-corrected chi connectivity index (χ3v) is 3.79. The molecule has 0 heterocycles. The summed E-state index contributed by atoms with van der Waals surface area (Å²) in [6.07, 6.45) is 4.98. The normalized spacial score (nSPS) is 13.9. The molecule has 1 unspecified atom stereocenters.